The van der Waals surface area contributed by atoms with Crippen LogP contribution in [0.25, 0.3) is 0 Å². The van der Waals surface area contributed by atoms with E-state index in [0.29, 0.717) is 6.54 Å². The van der Waals surface area contributed by atoms with Gasteiger partial charge in [-0.15, -0.1) is 0 Å². The summed E-state index contributed by atoms with van der Waals surface area (Å²) in [6, 6.07) is 6.53. The maximum atomic E-state index is 13.4. The minimum atomic E-state index is -0.254. The first-order chi connectivity index (χ1) is 12.0. The molecule has 3 heterocycles. The molecular formula is C19H23FN4O. The average molecular weight is 342 g/mol. The molecule has 4 rings (SSSR count). The van der Waals surface area contributed by atoms with E-state index in [0.717, 1.165) is 44.6 Å². The molecule has 0 N–H and O–H groups in total. The summed E-state index contributed by atoms with van der Waals surface area (Å²) in [5.41, 5.74) is 1.78. The van der Waals surface area contributed by atoms with Crippen molar-refractivity contribution in [3.8, 4) is 0 Å². The lowest BCUT2D eigenvalue weighted by Gasteiger charge is -2.23. The van der Waals surface area contributed by atoms with Gasteiger partial charge < -0.3 is 4.90 Å². The number of aromatic nitrogens is 2. The molecule has 1 amide bonds. The number of carbonyl (C=O) groups is 1. The molecule has 2 aliphatic heterocycles. The molecule has 1 aromatic heterocycles. The number of benzene rings is 1. The summed E-state index contributed by atoms with van der Waals surface area (Å²) in [6.45, 7) is 3.85. The van der Waals surface area contributed by atoms with E-state index < -0.39 is 0 Å². The molecule has 6 heteroatoms. The highest BCUT2D eigenvalue weighted by Crippen LogP contribution is 2.41. The second-order valence-electron chi connectivity index (χ2n) is 7.37. The van der Waals surface area contributed by atoms with Gasteiger partial charge in [0.05, 0.1) is 11.6 Å². The first kappa shape index (κ1) is 16.3. The largest absolute Gasteiger partial charge is 0.338 e. The Morgan fingerprint density at radius 3 is 2.80 bits per heavy atom. The predicted octanol–water partition coefficient (Wildman–Crippen LogP) is 2.18. The van der Waals surface area contributed by atoms with Gasteiger partial charge in [0.15, 0.2) is 0 Å². The number of nitrogens with zero attached hydrogens (tertiary/aromatic N) is 4. The Bertz CT molecular complexity index is 789. The molecule has 0 unspecified atom stereocenters. The van der Waals surface area contributed by atoms with Gasteiger partial charge in [0.2, 0.25) is 5.91 Å². The molecule has 2 aromatic rings. The predicted molar refractivity (Wildman–Crippen MR) is 92.0 cm³/mol. The third kappa shape index (κ3) is 3.18. The Morgan fingerprint density at radius 2 is 2.04 bits per heavy atom. The van der Waals surface area contributed by atoms with Gasteiger partial charge in [0, 0.05) is 45.0 Å². The number of hydrogen-bond donors (Lipinski definition) is 0. The Hall–Kier alpha value is -2.21. The normalized spacial score (nSPS) is 23.9. The Balaban J connectivity index is 1.41. The summed E-state index contributed by atoms with van der Waals surface area (Å²) in [7, 11) is 1.92. The van der Waals surface area contributed by atoms with E-state index in [1.54, 1.807) is 6.07 Å². The van der Waals surface area contributed by atoms with Crippen LogP contribution in [0.15, 0.2) is 36.7 Å². The fraction of sp³-hybridized carbons (Fsp3) is 0.474. The minimum absolute atomic E-state index is 0.227. The van der Waals surface area contributed by atoms with E-state index in [1.165, 1.54) is 17.7 Å². The molecule has 0 radical (unpaired) electrons. The van der Waals surface area contributed by atoms with Gasteiger partial charge in [-0.3, -0.25) is 14.4 Å². The van der Waals surface area contributed by atoms with E-state index >= 15 is 0 Å². The second kappa shape index (κ2) is 6.26. The molecule has 1 aromatic carbocycles. The fourth-order valence-corrected chi connectivity index (χ4v) is 4.18. The highest BCUT2D eigenvalue weighted by molar-refractivity contribution is 5.85. The molecule has 0 aliphatic carbocycles. The molecule has 0 bridgehead atoms. The van der Waals surface area contributed by atoms with Gasteiger partial charge in [0.25, 0.3) is 0 Å². The molecule has 2 saturated heterocycles. The number of aryl methyl sites for hydroxylation is 1. The minimum Gasteiger partial charge on any atom is -0.338 e. The number of halogens is 1. The van der Waals surface area contributed by atoms with Crippen LogP contribution in [0.4, 0.5) is 4.39 Å². The van der Waals surface area contributed by atoms with Crippen molar-refractivity contribution < 1.29 is 9.18 Å². The van der Waals surface area contributed by atoms with Crippen LogP contribution in [0.2, 0.25) is 0 Å². The van der Waals surface area contributed by atoms with Crippen molar-refractivity contribution in [2.45, 2.75) is 25.9 Å². The van der Waals surface area contributed by atoms with Crippen molar-refractivity contribution in [2.75, 3.05) is 19.6 Å². The van der Waals surface area contributed by atoms with E-state index in [4.69, 9.17) is 0 Å². The average Bonchev–Trinajstić information content (AvgIpc) is 3.25. The van der Waals surface area contributed by atoms with Crippen LogP contribution in [0.3, 0.4) is 0 Å². The molecule has 1 atom stereocenters. The SMILES string of the molecule is Cn1cc(CN2CC[C@@]3(CCN(Cc4cccc(F)c4)C3=O)C2)cn1. The summed E-state index contributed by atoms with van der Waals surface area (Å²) >= 11 is 0. The molecule has 2 fully saturated rings. The maximum Gasteiger partial charge on any atom is 0.230 e. The van der Waals surface area contributed by atoms with Gasteiger partial charge in [-0.1, -0.05) is 12.1 Å². The molecule has 1 spiro atoms. The van der Waals surface area contributed by atoms with Gasteiger partial charge >= 0.3 is 0 Å². The van der Waals surface area contributed by atoms with Gasteiger partial charge in [-0.05, 0) is 37.1 Å². The first-order valence-corrected chi connectivity index (χ1v) is 8.78. The zero-order chi connectivity index (χ0) is 17.4. The van der Waals surface area contributed by atoms with Crippen molar-refractivity contribution in [1.82, 2.24) is 19.6 Å². The third-order valence-electron chi connectivity index (χ3n) is 5.46. The topological polar surface area (TPSA) is 41.4 Å². The smallest absolute Gasteiger partial charge is 0.230 e. The van der Waals surface area contributed by atoms with E-state index in [-0.39, 0.29) is 17.1 Å². The number of rotatable bonds is 4. The number of amides is 1. The van der Waals surface area contributed by atoms with Crippen LogP contribution < -0.4 is 0 Å². The summed E-state index contributed by atoms with van der Waals surface area (Å²) in [5.74, 6) is -0.0205. The number of likely N-dealkylation sites (tertiary alicyclic amines) is 2. The van der Waals surface area contributed by atoms with Crippen molar-refractivity contribution in [3.63, 3.8) is 0 Å². The summed E-state index contributed by atoms with van der Waals surface area (Å²) in [6.07, 6.45) is 5.71. The quantitative estimate of drug-likeness (QED) is 0.855. The van der Waals surface area contributed by atoms with Crippen LogP contribution in [-0.2, 0) is 24.9 Å². The zero-order valence-electron chi connectivity index (χ0n) is 14.5. The van der Waals surface area contributed by atoms with Crippen LogP contribution in [-0.4, -0.2) is 45.1 Å². The van der Waals surface area contributed by atoms with Crippen molar-refractivity contribution >= 4 is 5.91 Å². The maximum absolute atomic E-state index is 13.4. The summed E-state index contributed by atoms with van der Waals surface area (Å²) in [5, 5.41) is 4.21. The van der Waals surface area contributed by atoms with Gasteiger partial charge in [-0.2, -0.15) is 5.10 Å². The lowest BCUT2D eigenvalue weighted by molar-refractivity contribution is -0.136. The van der Waals surface area contributed by atoms with Crippen molar-refractivity contribution in [1.29, 1.82) is 0 Å². The van der Waals surface area contributed by atoms with Gasteiger partial charge in [-0.25, -0.2) is 4.39 Å². The van der Waals surface area contributed by atoms with Gasteiger partial charge in [0.1, 0.15) is 5.82 Å². The molecule has 25 heavy (non-hydrogen) atoms. The van der Waals surface area contributed by atoms with Crippen LogP contribution >= 0.6 is 0 Å². The highest BCUT2D eigenvalue weighted by atomic mass is 19.1. The first-order valence-electron chi connectivity index (χ1n) is 8.78. The van der Waals surface area contributed by atoms with E-state index in [1.807, 2.05) is 35.1 Å². The van der Waals surface area contributed by atoms with Crippen LogP contribution in [0.1, 0.15) is 24.0 Å². The summed E-state index contributed by atoms with van der Waals surface area (Å²) < 4.78 is 15.2. The Kier molecular flexibility index (Phi) is 4.07. The molecule has 132 valence electrons. The number of carbonyl (C=O) groups excluding carboxylic acids is 1. The molecular weight excluding hydrogens is 319 g/mol. The summed E-state index contributed by atoms with van der Waals surface area (Å²) in [4.78, 5) is 17.2. The number of hydrogen-bond acceptors (Lipinski definition) is 3. The van der Waals surface area contributed by atoms with Crippen LogP contribution in [0, 0.1) is 11.2 Å². The van der Waals surface area contributed by atoms with E-state index in [2.05, 4.69) is 10.00 Å². The molecule has 5 nitrogen and oxygen atoms in total. The van der Waals surface area contributed by atoms with Crippen LogP contribution in [0.5, 0.6) is 0 Å². The van der Waals surface area contributed by atoms with E-state index in [9.17, 15) is 9.18 Å². The standard InChI is InChI=1S/C19H23FN4O/c1-22-11-16(10-21-22)12-23-7-5-19(14-23)6-8-24(18(19)25)13-15-3-2-4-17(20)9-15/h2-4,9-11H,5-8,12-14H2,1H3/t19-/m1/s1. The monoisotopic (exact) mass is 342 g/mol. The third-order valence-corrected chi connectivity index (χ3v) is 5.46. The van der Waals surface area contributed by atoms with Crippen molar-refractivity contribution in [3.05, 3.63) is 53.6 Å². The molecule has 0 saturated carbocycles. The lowest BCUT2D eigenvalue weighted by Crippen LogP contribution is -2.36. The second-order valence-corrected chi connectivity index (χ2v) is 7.37. The fourth-order valence-electron chi connectivity index (χ4n) is 4.18. The van der Waals surface area contributed by atoms with Crippen molar-refractivity contribution in [2.24, 2.45) is 12.5 Å². The molecule has 2 aliphatic rings. The highest BCUT2D eigenvalue weighted by Gasteiger charge is 2.50. The Morgan fingerprint density at radius 1 is 1.20 bits per heavy atom. The lowest BCUT2D eigenvalue weighted by atomic mass is 9.85. The zero-order valence-corrected chi connectivity index (χ0v) is 14.5. The Labute approximate surface area is 147 Å².